The van der Waals surface area contributed by atoms with E-state index in [0.29, 0.717) is 12.3 Å². The van der Waals surface area contributed by atoms with Gasteiger partial charge in [0.25, 0.3) is 11.8 Å². The van der Waals surface area contributed by atoms with E-state index < -0.39 is 46.9 Å². The molecule has 0 aliphatic rings. The summed E-state index contributed by atoms with van der Waals surface area (Å²) in [5.41, 5.74) is 3.64. The van der Waals surface area contributed by atoms with Gasteiger partial charge in [-0.1, -0.05) is 33.8 Å². The highest BCUT2D eigenvalue weighted by atomic mass is 19.1. The first-order chi connectivity index (χ1) is 15.2. The summed E-state index contributed by atoms with van der Waals surface area (Å²) in [7, 11) is 0. The molecule has 3 N–H and O–H groups in total. The molecule has 0 bridgehead atoms. The molecule has 2 aromatic rings. The number of rotatable bonds is 9. The Morgan fingerprint density at radius 1 is 0.969 bits per heavy atom. The Bertz CT molecular complexity index is 937. The SMILES string of the molecule is CCN(CC)Cc1ccc(C(=O)NNC(=O)[C@@H](NC(=O)c2c(F)cccc2F)C(C)C)o1. The highest BCUT2D eigenvalue weighted by Crippen LogP contribution is 2.13. The van der Waals surface area contributed by atoms with Crippen LogP contribution in [0.2, 0.25) is 0 Å². The fraction of sp³-hybridized carbons (Fsp3) is 0.409. The van der Waals surface area contributed by atoms with Gasteiger partial charge in [0, 0.05) is 0 Å². The second kappa shape index (κ2) is 11.4. The highest BCUT2D eigenvalue weighted by molar-refractivity contribution is 5.99. The molecule has 0 aliphatic heterocycles. The van der Waals surface area contributed by atoms with Crippen LogP contribution >= 0.6 is 0 Å². The van der Waals surface area contributed by atoms with Gasteiger partial charge in [0.1, 0.15) is 29.0 Å². The van der Waals surface area contributed by atoms with Crippen molar-refractivity contribution in [1.82, 2.24) is 21.1 Å². The van der Waals surface area contributed by atoms with E-state index in [1.165, 1.54) is 6.07 Å². The number of hydrazine groups is 1. The number of amides is 3. The van der Waals surface area contributed by atoms with Gasteiger partial charge in [0.2, 0.25) is 0 Å². The van der Waals surface area contributed by atoms with Crippen LogP contribution in [-0.4, -0.2) is 41.8 Å². The van der Waals surface area contributed by atoms with Gasteiger partial charge < -0.3 is 9.73 Å². The van der Waals surface area contributed by atoms with Crippen LogP contribution in [-0.2, 0) is 11.3 Å². The van der Waals surface area contributed by atoms with Crippen molar-refractivity contribution in [3.05, 3.63) is 59.1 Å². The monoisotopic (exact) mass is 450 g/mol. The lowest BCUT2D eigenvalue weighted by atomic mass is 10.0. The number of nitrogens with zero attached hydrogens (tertiary/aromatic N) is 1. The van der Waals surface area contributed by atoms with Crippen molar-refractivity contribution in [2.75, 3.05) is 13.1 Å². The van der Waals surface area contributed by atoms with Crippen molar-refractivity contribution in [2.45, 2.75) is 40.3 Å². The maximum atomic E-state index is 13.8. The molecule has 0 radical (unpaired) electrons. The van der Waals surface area contributed by atoms with Gasteiger partial charge >= 0.3 is 5.91 Å². The molecule has 0 aliphatic carbocycles. The quantitative estimate of drug-likeness (QED) is 0.510. The largest absolute Gasteiger partial charge is 0.454 e. The topological polar surface area (TPSA) is 104 Å². The molecule has 0 unspecified atom stereocenters. The van der Waals surface area contributed by atoms with Crippen LogP contribution in [0.4, 0.5) is 8.78 Å². The smallest absolute Gasteiger partial charge is 0.305 e. The zero-order chi connectivity index (χ0) is 23.8. The van der Waals surface area contributed by atoms with Crippen LogP contribution in [0.3, 0.4) is 0 Å². The lowest BCUT2D eigenvalue weighted by Gasteiger charge is -2.22. The zero-order valence-corrected chi connectivity index (χ0v) is 18.5. The van der Waals surface area contributed by atoms with Crippen LogP contribution in [0.15, 0.2) is 34.7 Å². The van der Waals surface area contributed by atoms with Gasteiger partial charge in [-0.25, -0.2) is 8.78 Å². The lowest BCUT2D eigenvalue weighted by Crippen LogP contribution is -2.54. The number of furan rings is 1. The normalized spacial score (nSPS) is 12.0. The van der Waals surface area contributed by atoms with E-state index in [-0.39, 0.29) is 5.76 Å². The van der Waals surface area contributed by atoms with Gasteiger partial charge in [0.05, 0.1) is 6.54 Å². The summed E-state index contributed by atoms with van der Waals surface area (Å²) >= 11 is 0. The van der Waals surface area contributed by atoms with E-state index in [2.05, 4.69) is 21.1 Å². The third kappa shape index (κ3) is 6.36. The number of hydrogen-bond acceptors (Lipinski definition) is 5. The summed E-state index contributed by atoms with van der Waals surface area (Å²) in [6.45, 7) is 9.49. The van der Waals surface area contributed by atoms with E-state index in [9.17, 15) is 23.2 Å². The molecule has 3 amide bonds. The standard InChI is InChI=1S/C22H28F2N4O4/c1-5-28(6-2)12-14-10-11-17(32-14)20(29)26-27-22(31)19(13(3)4)25-21(30)18-15(23)8-7-9-16(18)24/h7-11,13,19H,5-6,12H2,1-4H3,(H,25,30)(H,26,29)(H,27,31)/t19-/m0/s1. The molecule has 0 fully saturated rings. The van der Waals surface area contributed by atoms with Crippen LogP contribution in [0, 0.1) is 17.6 Å². The third-order valence-electron chi connectivity index (χ3n) is 4.88. The average molecular weight is 450 g/mol. The number of carbonyl (C=O) groups excluding carboxylic acids is 3. The summed E-state index contributed by atoms with van der Waals surface area (Å²) in [5, 5.41) is 2.31. The molecule has 0 saturated carbocycles. The number of carbonyl (C=O) groups is 3. The first-order valence-electron chi connectivity index (χ1n) is 10.3. The Balaban J connectivity index is 1.99. The van der Waals surface area contributed by atoms with Crippen molar-refractivity contribution in [3.63, 3.8) is 0 Å². The van der Waals surface area contributed by atoms with Crippen LogP contribution < -0.4 is 16.2 Å². The van der Waals surface area contributed by atoms with E-state index in [1.54, 1.807) is 19.9 Å². The third-order valence-corrected chi connectivity index (χ3v) is 4.88. The van der Waals surface area contributed by atoms with Gasteiger partial charge in [-0.15, -0.1) is 0 Å². The van der Waals surface area contributed by atoms with Gasteiger partial charge in [0.15, 0.2) is 5.76 Å². The molecule has 1 heterocycles. The van der Waals surface area contributed by atoms with E-state index in [0.717, 1.165) is 31.3 Å². The summed E-state index contributed by atoms with van der Waals surface area (Å²) in [4.78, 5) is 39.2. The summed E-state index contributed by atoms with van der Waals surface area (Å²) in [6, 6.07) is 5.03. The molecule has 2 rings (SSSR count). The van der Waals surface area contributed by atoms with Gasteiger partial charge in [-0.3, -0.25) is 30.1 Å². The molecule has 1 atom stereocenters. The predicted octanol–water partition coefficient (Wildman–Crippen LogP) is 2.62. The first-order valence-corrected chi connectivity index (χ1v) is 10.3. The predicted molar refractivity (Wildman–Crippen MR) is 113 cm³/mol. The Labute approximate surface area is 185 Å². The fourth-order valence-corrected chi connectivity index (χ4v) is 2.97. The van der Waals surface area contributed by atoms with Gasteiger partial charge in [-0.2, -0.15) is 0 Å². The molecule has 0 spiro atoms. The van der Waals surface area contributed by atoms with Crippen molar-refractivity contribution in [3.8, 4) is 0 Å². The zero-order valence-electron chi connectivity index (χ0n) is 18.5. The maximum absolute atomic E-state index is 13.8. The number of halogens is 2. The maximum Gasteiger partial charge on any atom is 0.305 e. The summed E-state index contributed by atoms with van der Waals surface area (Å²) < 4.78 is 33.2. The minimum atomic E-state index is -1.16. The molecule has 174 valence electrons. The number of nitrogens with one attached hydrogen (secondary N) is 3. The summed E-state index contributed by atoms with van der Waals surface area (Å²) in [6.07, 6.45) is 0. The van der Waals surface area contributed by atoms with Crippen molar-refractivity contribution >= 4 is 17.7 Å². The molecule has 1 aromatic carbocycles. The van der Waals surface area contributed by atoms with Crippen molar-refractivity contribution in [2.24, 2.45) is 5.92 Å². The van der Waals surface area contributed by atoms with Crippen LogP contribution in [0.1, 0.15) is 54.4 Å². The molecule has 32 heavy (non-hydrogen) atoms. The molecule has 8 nitrogen and oxygen atoms in total. The fourth-order valence-electron chi connectivity index (χ4n) is 2.97. The van der Waals surface area contributed by atoms with Crippen LogP contribution in [0.5, 0.6) is 0 Å². The van der Waals surface area contributed by atoms with Crippen molar-refractivity contribution < 1.29 is 27.6 Å². The highest BCUT2D eigenvalue weighted by Gasteiger charge is 2.28. The second-order valence-corrected chi connectivity index (χ2v) is 7.46. The number of hydrogen-bond donors (Lipinski definition) is 3. The molecule has 10 heteroatoms. The average Bonchev–Trinajstić information content (AvgIpc) is 3.22. The van der Waals surface area contributed by atoms with Gasteiger partial charge in [-0.05, 0) is 43.3 Å². The van der Waals surface area contributed by atoms with E-state index in [1.807, 2.05) is 13.8 Å². The first kappa shape index (κ1) is 25.0. The lowest BCUT2D eigenvalue weighted by molar-refractivity contribution is -0.124. The van der Waals surface area contributed by atoms with E-state index >= 15 is 0 Å². The Kier molecular flexibility index (Phi) is 8.89. The second-order valence-electron chi connectivity index (χ2n) is 7.46. The minimum Gasteiger partial charge on any atom is -0.454 e. The minimum absolute atomic E-state index is 0.00557. The molecule has 0 saturated heterocycles. The number of benzene rings is 1. The molecule has 1 aromatic heterocycles. The molecular weight excluding hydrogens is 422 g/mol. The Hall–Kier alpha value is -3.27. The summed E-state index contributed by atoms with van der Waals surface area (Å²) in [5.74, 6) is -4.43. The Morgan fingerprint density at radius 2 is 1.59 bits per heavy atom. The van der Waals surface area contributed by atoms with Crippen molar-refractivity contribution in [1.29, 1.82) is 0 Å². The van der Waals surface area contributed by atoms with E-state index in [4.69, 9.17) is 4.42 Å². The molecular formula is C22H28F2N4O4. The van der Waals surface area contributed by atoms with Crippen LogP contribution in [0.25, 0.3) is 0 Å². The Morgan fingerprint density at radius 3 is 2.16 bits per heavy atom.